The van der Waals surface area contributed by atoms with E-state index in [-0.39, 0.29) is 29.8 Å². The van der Waals surface area contributed by atoms with E-state index in [1.807, 2.05) is 39.4 Å². The first-order valence-corrected chi connectivity index (χ1v) is 15.0. The Bertz CT molecular complexity index is 1090. The first kappa shape index (κ1) is 27.0. The lowest BCUT2D eigenvalue weighted by atomic mass is 9.49. The van der Waals surface area contributed by atoms with Crippen LogP contribution in [-0.4, -0.2) is 55.0 Å². The van der Waals surface area contributed by atoms with Crippen molar-refractivity contribution in [2.24, 2.45) is 23.2 Å². The van der Waals surface area contributed by atoms with Gasteiger partial charge < -0.3 is 19.3 Å². The van der Waals surface area contributed by atoms with E-state index in [1.165, 1.54) is 19.3 Å². The Labute approximate surface area is 231 Å². The third kappa shape index (κ3) is 5.58. The molecule has 1 aromatic heterocycles. The van der Waals surface area contributed by atoms with Crippen molar-refractivity contribution in [2.75, 3.05) is 27.3 Å². The van der Waals surface area contributed by atoms with Gasteiger partial charge in [-0.2, -0.15) is 0 Å². The van der Waals surface area contributed by atoms with E-state index in [1.54, 1.807) is 25.6 Å². The van der Waals surface area contributed by atoms with Crippen LogP contribution in [0.25, 0.3) is 0 Å². The maximum Gasteiger partial charge on any atom is 0.242 e. The predicted molar refractivity (Wildman–Crippen MR) is 150 cm³/mol. The van der Waals surface area contributed by atoms with Gasteiger partial charge in [0.1, 0.15) is 6.54 Å². The second-order valence-corrected chi connectivity index (χ2v) is 13.1. The molecule has 206 valence electrons. The van der Waals surface area contributed by atoms with E-state index in [9.17, 15) is 9.59 Å². The molecule has 38 heavy (non-hydrogen) atoms. The number of rotatable bonds is 11. The minimum absolute atomic E-state index is 0.00566. The van der Waals surface area contributed by atoms with Crippen LogP contribution >= 0.6 is 11.3 Å². The summed E-state index contributed by atoms with van der Waals surface area (Å²) >= 11 is 1.66. The van der Waals surface area contributed by atoms with Gasteiger partial charge in [0.05, 0.1) is 26.2 Å². The fourth-order valence-corrected chi connectivity index (χ4v) is 8.31. The van der Waals surface area contributed by atoms with E-state index >= 15 is 0 Å². The summed E-state index contributed by atoms with van der Waals surface area (Å²) < 4.78 is 10.8. The number of carbonyl (C=O) groups is 2. The van der Waals surface area contributed by atoms with Crippen LogP contribution in [0, 0.1) is 23.2 Å². The Morgan fingerprint density at radius 2 is 1.66 bits per heavy atom. The van der Waals surface area contributed by atoms with E-state index in [4.69, 9.17) is 9.47 Å². The summed E-state index contributed by atoms with van der Waals surface area (Å²) in [6.45, 7) is 5.39. The summed E-state index contributed by atoms with van der Waals surface area (Å²) in [4.78, 5) is 33.0. The molecule has 4 aliphatic rings. The topological polar surface area (TPSA) is 59.1 Å². The van der Waals surface area contributed by atoms with Gasteiger partial charge in [0.15, 0.2) is 11.5 Å². The molecule has 7 heteroatoms. The van der Waals surface area contributed by atoms with Crippen molar-refractivity contribution in [1.82, 2.24) is 9.80 Å². The van der Waals surface area contributed by atoms with Crippen molar-refractivity contribution in [2.45, 2.75) is 71.4 Å². The lowest BCUT2D eigenvalue weighted by Crippen LogP contribution is -2.57. The normalized spacial score (nSPS) is 25.4. The fraction of sp³-hybridized carbons (Fsp3) is 0.613. The fourth-order valence-electron chi connectivity index (χ4n) is 7.59. The number of hydrogen-bond acceptors (Lipinski definition) is 5. The zero-order valence-corrected chi connectivity index (χ0v) is 24.1. The SMILES string of the molecule is COc1ccc(CCN(Cc2cccs2)C(=O)CN(C(=O)C23CC4CC(CC(C4)C2)C3)C(C)C)cc1OC. The number of amides is 2. The second kappa shape index (κ2) is 11.3. The monoisotopic (exact) mass is 538 g/mol. The minimum Gasteiger partial charge on any atom is -0.493 e. The van der Waals surface area contributed by atoms with Gasteiger partial charge in [-0.3, -0.25) is 9.59 Å². The molecular formula is C31H42N2O4S. The third-order valence-electron chi connectivity index (χ3n) is 9.08. The Hall–Kier alpha value is -2.54. The van der Waals surface area contributed by atoms with Crippen LogP contribution in [0.4, 0.5) is 0 Å². The van der Waals surface area contributed by atoms with E-state index in [0.717, 1.165) is 29.7 Å². The number of carbonyl (C=O) groups excluding carboxylic acids is 2. The smallest absolute Gasteiger partial charge is 0.242 e. The summed E-state index contributed by atoms with van der Waals surface area (Å²) in [5, 5.41) is 2.04. The molecule has 1 aromatic carbocycles. The van der Waals surface area contributed by atoms with Crippen molar-refractivity contribution in [3.8, 4) is 11.5 Å². The molecule has 4 aliphatic carbocycles. The lowest BCUT2D eigenvalue weighted by molar-refractivity contribution is -0.162. The molecule has 2 aromatic rings. The quantitative estimate of drug-likeness (QED) is 0.363. The number of hydrogen-bond donors (Lipinski definition) is 0. The first-order chi connectivity index (χ1) is 18.3. The molecule has 2 amide bonds. The summed E-state index contributed by atoms with van der Waals surface area (Å²) in [5.74, 6) is 3.73. The van der Waals surface area contributed by atoms with Crippen molar-refractivity contribution in [1.29, 1.82) is 0 Å². The number of benzene rings is 1. The number of ether oxygens (including phenoxy) is 2. The van der Waals surface area contributed by atoms with Gasteiger partial charge in [-0.05, 0) is 106 Å². The zero-order chi connectivity index (χ0) is 26.9. The summed E-state index contributed by atoms with van der Waals surface area (Å²) in [5.41, 5.74) is 0.842. The summed E-state index contributed by atoms with van der Waals surface area (Å²) in [6, 6.07) is 9.99. The Kier molecular flexibility index (Phi) is 8.03. The Morgan fingerprint density at radius 1 is 1.00 bits per heavy atom. The van der Waals surface area contributed by atoms with Gasteiger partial charge in [0, 0.05) is 17.5 Å². The maximum absolute atomic E-state index is 14.2. The van der Waals surface area contributed by atoms with Crippen LogP contribution in [0.15, 0.2) is 35.7 Å². The molecule has 6 nitrogen and oxygen atoms in total. The number of thiophene rings is 1. The number of nitrogens with zero attached hydrogens (tertiary/aromatic N) is 2. The van der Waals surface area contributed by atoms with Gasteiger partial charge in [-0.1, -0.05) is 12.1 Å². The van der Waals surface area contributed by atoms with Crippen LogP contribution in [-0.2, 0) is 22.6 Å². The highest BCUT2D eigenvalue weighted by Gasteiger charge is 2.56. The van der Waals surface area contributed by atoms with Crippen LogP contribution in [0.1, 0.15) is 62.8 Å². The molecule has 0 spiro atoms. The molecule has 0 radical (unpaired) electrons. The average Bonchev–Trinajstić information content (AvgIpc) is 3.41. The number of methoxy groups -OCH3 is 2. The van der Waals surface area contributed by atoms with Gasteiger partial charge in [-0.25, -0.2) is 0 Å². The van der Waals surface area contributed by atoms with Gasteiger partial charge in [-0.15, -0.1) is 11.3 Å². The van der Waals surface area contributed by atoms with Crippen molar-refractivity contribution in [3.63, 3.8) is 0 Å². The molecule has 0 unspecified atom stereocenters. The Morgan fingerprint density at radius 3 is 2.21 bits per heavy atom. The van der Waals surface area contributed by atoms with Crippen molar-refractivity contribution in [3.05, 3.63) is 46.2 Å². The Balaban J connectivity index is 1.31. The van der Waals surface area contributed by atoms with Gasteiger partial charge in [0.2, 0.25) is 11.8 Å². The zero-order valence-electron chi connectivity index (χ0n) is 23.3. The molecule has 0 N–H and O–H groups in total. The van der Waals surface area contributed by atoms with E-state index in [0.29, 0.717) is 48.8 Å². The average molecular weight is 539 g/mol. The minimum atomic E-state index is -0.239. The molecule has 0 aliphatic heterocycles. The molecule has 6 rings (SSSR count). The van der Waals surface area contributed by atoms with Crippen molar-refractivity contribution < 1.29 is 19.1 Å². The van der Waals surface area contributed by atoms with Crippen LogP contribution in [0.3, 0.4) is 0 Å². The highest BCUT2D eigenvalue weighted by atomic mass is 32.1. The standard InChI is InChI=1S/C31H42N2O4S/c1-21(2)33(30(35)31-16-23-12-24(17-31)14-25(13-23)18-31)20-29(34)32(19-26-6-5-11-38-26)10-9-22-7-8-27(36-3)28(15-22)37-4/h5-8,11,15,21,23-25H,9-10,12-14,16-20H2,1-4H3. The van der Waals surface area contributed by atoms with E-state index < -0.39 is 0 Å². The van der Waals surface area contributed by atoms with Gasteiger partial charge >= 0.3 is 0 Å². The van der Waals surface area contributed by atoms with E-state index in [2.05, 4.69) is 19.9 Å². The lowest BCUT2D eigenvalue weighted by Gasteiger charge is -2.57. The van der Waals surface area contributed by atoms with Crippen molar-refractivity contribution >= 4 is 23.2 Å². The molecule has 0 saturated heterocycles. The van der Waals surface area contributed by atoms with Crippen LogP contribution in [0.5, 0.6) is 11.5 Å². The first-order valence-electron chi connectivity index (χ1n) is 14.1. The molecule has 1 heterocycles. The summed E-state index contributed by atoms with van der Waals surface area (Å²) in [6.07, 6.45) is 7.67. The molecule has 4 bridgehead atoms. The van der Waals surface area contributed by atoms with Crippen LogP contribution < -0.4 is 9.47 Å². The highest BCUT2D eigenvalue weighted by molar-refractivity contribution is 7.09. The highest BCUT2D eigenvalue weighted by Crippen LogP contribution is 2.60. The maximum atomic E-state index is 14.2. The molecular weight excluding hydrogens is 496 g/mol. The third-order valence-corrected chi connectivity index (χ3v) is 9.94. The largest absolute Gasteiger partial charge is 0.493 e. The molecule has 4 saturated carbocycles. The van der Waals surface area contributed by atoms with Crippen LogP contribution in [0.2, 0.25) is 0 Å². The molecule has 4 fully saturated rings. The second-order valence-electron chi connectivity index (χ2n) is 12.1. The predicted octanol–water partition coefficient (Wildman–Crippen LogP) is 5.79. The molecule has 0 atom stereocenters. The van der Waals surface area contributed by atoms with Gasteiger partial charge in [0.25, 0.3) is 0 Å². The summed E-state index contributed by atoms with van der Waals surface area (Å²) in [7, 11) is 3.26.